The molecule has 6 nitrogen and oxygen atoms in total. The number of hydrogen-bond acceptors (Lipinski definition) is 4. The van der Waals surface area contributed by atoms with Crippen molar-refractivity contribution in [2.24, 2.45) is 0 Å². The fraction of sp³-hybridized carbons (Fsp3) is 0.400. The highest BCUT2D eigenvalue weighted by Gasteiger charge is 2.57. The molecule has 1 aliphatic carbocycles. The Bertz CT molecular complexity index is 1100. The molecule has 0 radical (unpaired) electrons. The first-order chi connectivity index (χ1) is 15.0. The summed E-state index contributed by atoms with van der Waals surface area (Å²) in [4.78, 5) is 41.6. The number of rotatable bonds is 3. The maximum absolute atomic E-state index is 13.6. The van der Waals surface area contributed by atoms with Crippen molar-refractivity contribution < 1.29 is 19.1 Å². The number of anilines is 1. The number of amides is 2. The Morgan fingerprint density at radius 2 is 1.71 bits per heavy atom. The van der Waals surface area contributed by atoms with E-state index in [1.54, 1.807) is 6.07 Å². The first-order valence-corrected chi connectivity index (χ1v) is 11.1. The molecule has 3 fully saturated rings. The first-order valence-electron chi connectivity index (χ1n) is 11.1. The molecule has 2 aromatic carbocycles. The van der Waals surface area contributed by atoms with Gasteiger partial charge in [0.1, 0.15) is 0 Å². The molecule has 2 saturated heterocycles. The van der Waals surface area contributed by atoms with Crippen molar-refractivity contribution in [3.8, 4) is 0 Å². The summed E-state index contributed by atoms with van der Waals surface area (Å²) in [6, 6.07) is 15.4. The number of esters is 1. The predicted octanol–water partition coefficient (Wildman–Crippen LogP) is 3.14. The van der Waals surface area contributed by atoms with Crippen LogP contribution in [0.2, 0.25) is 0 Å². The second kappa shape index (κ2) is 6.42. The molecular weight excluding hydrogens is 392 g/mol. The van der Waals surface area contributed by atoms with E-state index in [9.17, 15) is 14.4 Å². The lowest BCUT2D eigenvalue weighted by Gasteiger charge is -2.27. The number of carbonyl (C=O) groups excluding carboxylic acids is 3. The Hall–Kier alpha value is -3.15. The molecule has 6 rings (SSSR count). The summed E-state index contributed by atoms with van der Waals surface area (Å²) in [5, 5.41) is 0. The first kappa shape index (κ1) is 18.6. The van der Waals surface area contributed by atoms with Gasteiger partial charge in [-0.05, 0) is 43.0 Å². The van der Waals surface area contributed by atoms with Crippen molar-refractivity contribution in [3.63, 3.8) is 0 Å². The van der Waals surface area contributed by atoms with Gasteiger partial charge < -0.3 is 14.5 Å². The van der Waals surface area contributed by atoms with E-state index in [0.717, 1.165) is 42.6 Å². The summed E-state index contributed by atoms with van der Waals surface area (Å²) in [6.07, 6.45) is 3.79. The summed E-state index contributed by atoms with van der Waals surface area (Å²) < 4.78 is 5.81. The van der Waals surface area contributed by atoms with E-state index in [0.29, 0.717) is 31.5 Å². The highest BCUT2D eigenvalue weighted by molar-refractivity contribution is 5.97. The number of likely N-dealkylation sites (tertiary alicyclic amines) is 1. The number of ether oxygens (including phenoxy) is 1. The van der Waals surface area contributed by atoms with Gasteiger partial charge in [0.15, 0.2) is 5.60 Å². The second-order valence-electron chi connectivity index (χ2n) is 9.18. The van der Waals surface area contributed by atoms with Crippen molar-refractivity contribution in [2.45, 2.75) is 43.1 Å². The SMILES string of the molecule is O=C1OC2(CCN(C(=O)C3(c4ccc(N5CCCC5=O)cc4)CC3)C2)c2ccccc21. The maximum atomic E-state index is 13.6. The lowest BCUT2D eigenvalue weighted by molar-refractivity contribution is -0.134. The molecule has 0 aromatic heterocycles. The summed E-state index contributed by atoms with van der Waals surface area (Å²) in [5.74, 6) is -0.00777. The Kier molecular flexibility index (Phi) is 3.86. The van der Waals surface area contributed by atoms with E-state index < -0.39 is 11.0 Å². The minimum Gasteiger partial charge on any atom is -0.449 e. The molecule has 158 valence electrons. The van der Waals surface area contributed by atoms with Crippen LogP contribution in [-0.2, 0) is 25.3 Å². The van der Waals surface area contributed by atoms with Crippen LogP contribution in [0, 0.1) is 0 Å². The monoisotopic (exact) mass is 416 g/mol. The van der Waals surface area contributed by atoms with Gasteiger partial charge in [-0.15, -0.1) is 0 Å². The van der Waals surface area contributed by atoms with Crippen molar-refractivity contribution in [3.05, 3.63) is 65.2 Å². The Morgan fingerprint density at radius 1 is 0.935 bits per heavy atom. The van der Waals surface area contributed by atoms with Gasteiger partial charge in [0.2, 0.25) is 11.8 Å². The van der Waals surface area contributed by atoms with Gasteiger partial charge in [-0.1, -0.05) is 30.3 Å². The third-order valence-electron chi connectivity index (χ3n) is 7.41. The second-order valence-corrected chi connectivity index (χ2v) is 9.18. The van der Waals surface area contributed by atoms with Crippen LogP contribution >= 0.6 is 0 Å². The van der Waals surface area contributed by atoms with Crippen LogP contribution in [0.15, 0.2) is 48.5 Å². The van der Waals surface area contributed by atoms with Crippen LogP contribution in [0.3, 0.4) is 0 Å². The molecule has 2 amide bonds. The molecule has 3 heterocycles. The van der Waals surface area contributed by atoms with Crippen molar-refractivity contribution in [2.75, 3.05) is 24.5 Å². The van der Waals surface area contributed by atoms with Gasteiger partial charge in [-0.3, -0.25) is 9.59 Å². The molecule has 31 heavy (non-hydrogen) atoms. The third kappa shape index (κ3) is 2.67. The lowest BCUT2D eigenvalue weighted by Crippen LogP contribution is -2.40. The maximum Gasteiger partial charge on any atom is 0.339 e. The van der Waals surface area contributed by atoms with Crippen LogP contribution in [-0.4, -0.2) is 42.3 Å². The van der Waals surface area contributed by atoms with E-state index in [1.807, 2.05) is 52.3 Å². The fourth-order valence-corrected chi connectivity index (χ4v) is 5.54. The van der Waals surface area contributed by atoms with Gasteiger partial charge in [0.25, 0.3) is 0 Å². The molecule has 3 aliphatic heterocycles. The third-order valence-corrected chi connectivity index (χ3v) is 7.41. The molecule has 1 unspecified atom stereocenters. The fourth-order valence-electron chi connectivity index (χ4n) is 5.54. The summed E-state index contributed by atoms with van der Waals surface area (Å²) in [7, 11) is 0. The summed E-state index contributed by atoms with van der Waals surface area (Å²) >= 11 is 0. The Balaban J connectivity index is 1.23. The standard InChI is InChI=1S/C25H24N2O4/c28-21-6-3-14-27(21)18-9-7-17(8-10-18)24(11-12-24)23(30)26-15-13-25(16-26)20-5-2-1-4-19(20)22(29)31-25/h1-2,4-5,7-10H,3,6,11-16H2. The van der Waals surface area contributed by atoms with Crippen molar-refractivity contribution >= 4 is 23.5 Å². The van der Waals surface area contributed by atoms with E-state index in [4.69, 9.17) is 4.74 Å². The van der Waals surface area contributed by atoms with E-state index in [-0.39, 0.29) is 17.8 Å². The van der Waals surface area contributed by atoms with Gasteiger partial charge in [0.05, 0.1) is 17.5 Å². The molecule has 1 atom stereocenters. The average Bonchev–Trinajstić information content (AvgIpc) is 3.18. The van der Waals surface area contributed by atoms with Gasteiger partial charge in [-0.25, -0.2) is 4.79 Å². The number of hydrogen-bond donors (Lipinski definition) is 0. The van der Waals surface area contributed by atoms with Crippen LogP contribution in [0.25, 0.3) is 0 Å². The zero-order valence-electron chi connectivity index (χ0n) is 17.3. The average molecular weight is 416 g/mol. The Labute approximate surface area is 180 Å². The number of nitrogens with zero attached hydrogens (tertiary/aromatic N) is 2. The minimum atomic E-state index is -0.709. The topological polar surface area (TPSA) is 66.9 Å². The highest BCUT2D eigenvalue weighted by atomic mass is 16.6. The lowest BCUT2D eigenvalue weighted by atomic mass is 9.91. The number of carbonyl (C=O) groups is 3. The molecule has 6 heteroatoms. The minimum absolute atomic E-state index is 0.120. The normalized spacial score (nSPS) is 25.8. The van der Waals surface area contributed by atoms with Crippen LogP contribution in [0.5, 0.6) is 0 Å². The largest absolute Gasteiger partial charge is 0.449 e. The predicted molar refractivity (Wildman–Crippen MR) is 114 cm³/mol. The zero-order chi connectivity index (χ0) is 21.2. The molecule has 1 spiro atoms. The van der Waals surface area contributed by atoms with Gasteiger partial charge in [0, 0.05) is 37.2 Å². The van der Waals surface area contributed by atoms with Crippen molar-refractivity contribution in [1.29, 1.82) is 0 Å². The van der Waals surface area contributed by atoms with Crippen LogP contribution in [0.4, 0.5) is 5.69 Å². The smallest absolute Gasteiger partial charge is 0.339 e. The summed E-state index contributed by atoms with van der Waals surface area (Å²) in [5.41, 5.74) is 2.24. The number of fused-ring (bicyclic) bond motifs is 2. The van der Waals surface area contributed by atoms with E-state index in [2.05, 4.69) is 0 Å². The Morgan fingerprint density at radius 3 is 2.42 bits per heavy atom. The van der Waals surface area contributed by atoms with E-state index >= 15 is 0 Å². The zero-order valence-corrected chi connectivity index (χ0v) is 17.3. The van der Waals surface area contributed by atoms with Gasteiger partial charge >= 0.3 is 5.97 Å². The molecule has 4 aliphatic rings. The van der Waals surface area contributed by atoms with Gasteiger partial charge in [-0.2, -0.15) is 0 Å². The quantitative estimate of drug-likeness (QED) is 0.721. The highest BCUT2D eigenvalue weighted by Crippen LogP contribution is 2.52. The number of benzene rings is 2. The molecule has 1 saturated carbocycles. The molecular formula is C25H24N2O4. The molecule has 0 N–H and O–H groups in total. The van der Waals surface area contributed by atoms with Crippen LogP contribution < -0.4 is 4.90 Å². The van der Waals surface area contributed by atoms with E-state index in [1.165, 1.54) is 0 Å². The summed E-state index contributed by atoms with van der Waals surface area (Å²) in [6.45, 7) is 1.76. The van der Waals surface area contributed by atoms with Crippen LogP contribution in [0.1, 0.15) is 53.6 Å². The molecule has 2 aromatic rings. The molecule has 0 bridgehead atoms. The van der Waals surface area contributed by atoms with Crippen molar-refractivity contribution in [1.82, 2.24) is 4.90 Å².